The van der Waals surface area contributed by atoms with Crippen molar-refractivity contribution in [2.24, 2.45) is 0 Å². The molecule has 96 valence electrons. The average molecular weight is 257 g/mol. The topological polar surface area (TPSA) is 64.8 Å². The van der Waals surface area contributed by atoms with E-state index in [1.807, 2.05) is 6.07 Å². The maximum Gasteiger partial charge on any atom is 0.224 e. The molecular formula is C13H12FN5. The zero-order chi connectivity index (χ0) is 13.8. The van der Waals surface area contributed by atoms with Gasteiger partial charge in [-0.15, -0.1) is 0 Å². The highest BCUT2D eigenvalue weighted by atomic mass is 19.1. The molecule has 19 heavy (non-hydrogen) atoms. The fourth-order valence-electron chi connectivity index (χ4n) is 1.62. The fourth-order valence-corrected chi connectivity index (χ4v) is 1.62. The molecule has 2 rings (SSSR count). The lowest BCUT2D eigenvalue weighted by Gasteiger charge is -2.19. The third-order valence-electron chi connectivity index (χ3n) is 2.63. The molecule has 0 unspecified atom stereocenters. The fraction of sp³-hybridized carbons (Fsp3) is 0.154. The quantitative estimate of drug-likeness (QED) is 0.914. The Morgan fingerprint density at radius 1 is 1.42 bits per heavy atom. The minimum absolute atomic E-state index is 0.148. The molecule has 1 N–H and O–H groups in total. The summed E-state index contributed by atoms with van der Waals surface area (Å²) in [4.78, 5) is 9.43. The first-order valence-electron chi connectivity index (χ1n) is 5.60. The number of benzene rings is 1. The molecule has 1 aromatic carbocycles. The molecule has 0 aliphatic carbocycles. The summed E-state index contributed by atoms with van der Waals surface area (Å²) in [7, 11) is 3.34. The first-order chi connectivity index (χ1) is 9.15. The van der Waals surface area contributed by atoms with Crippen molar-refractivity contribution < 1.29 is 4.39 Å². The second kappa shape index (κ2) is 5.31. The predicted molar refractivity (Wildman–Crippen MR) is 70.8 cm³/mol. The Morgan fingerprint density at radius 3 is 2.89 bits per heavy atom. The van der Waals surface area contributed by atoms with Crippen LogP contribution in [0, 0.1) is 17.1 Å². The third-order valence-corrected chi connectivity index (χ3v) is 2.63. The Balaban J connectivity index is 2.43. The van der Waals surface area contributed by atoms with Gasteiger partial charge in [0.05, 0.1) is 17.8 Å². The number of halogens is 1. The van der Waals surface area contributed by atoms with Crippen molar-refractivity contribution in [2.45, 2.75) is 0 Å². The van der Waals surface area contributed by atoms with Crippen LogP contribution in [-0.4, -0.2) is 24.1 Å². The Labute approximate surface area is 110 Å². The van der Waals surface area contributed by atoms with Gasteiger partial charge in [-0.05, 0) is 18.2 Å². The summed E-state index contributed by atoms with van der Waals surface area (Å²) >= 11 is 0. The highest BCUT2D eigenvalue weighted by Gasteiger charge is 2.13. The van der Waals surface area contributed by atoms with Gasteiger partial charge in [-0.3, -0.25) is 0 Å². The summed E-state index contributed by atoms with van der Waals surface area (Å²) in [5.74, 6) is -0.0435. The number of anilines is 3. The molecule has 5 nitrogen and oxygen atoms in total. The van der Waals surface area contributed by atoms with Gasteiger partial charge in [0, 0.05) is 19.8 Å². The Bertz CT molecular complexity index is 635. The maximum atomic E-state index is 13.8. The summed E-state index contributed by atoms with van der Waals surface area (Å²) in [5, 5.41) is 11.6. The van der Waals surface area contributed by atoms with Crippen molar-refractivity contribution in [3.8, 4) is 6.07 Å². The van der Waals surface area contributed by atoms with Crippen LogP contribution < -0.4 is 10.2 Å². The summed E-state index contributed by atoms with van der Waals surface area (Å²) in [6.07, 6.45) is 1.11. The van der Waals surface area contributed by atoms with Crippen molar-refractivity contribution >= 4 is 17.5 Å². The third kappa shape index (κ3) is 2.60. The van der Waals surface area contributed by atoms with Gasteiger partial charge in [0.25, 0.3) is 0 Å². The Kier molecular flexibility index (Phi) is 3.57. The monoisotopic (exact) mass is 257 g/mol. The van der Waals surface area contributed by atoms with E-state index in [-0.39, 0.29) is 5.82 Å². The number of nitrogens with zero attached hydrogens (tertiary/aromatic N) is 4. The highest BCUT2D eigenvalue weighted by Crippen LogP contribution is 2.25. The van der Waals surface area contributed by atoms with Gasteiger partial charge in [0.1, 0.15) is 0 Å². The molecule has 0 aliphatic heterocycles. The first-order valence-corrected chi connectivity index (χ1v) is 5.60. The number of hydrogen-bond acceptors (Lipinski definition) is 5. The molecular weight excluding hydrogens is 245 g/mol. The number of nitrogens with one attached hydrogen (secondary N) is 1. The molecule has 1 aromatic heterocycles. The molecule has 0 fully saturated rings. The smallest absolute Gasteiger partial charge is 0.224 e. The number of hydrogen-bond donors (Lipinski definition) is 1. The number of aromatic nitrogens is 2. The molecule has 0 aliphatic rings. The van der Waals surface area contributed by atoms with Gasteiger partial charge in [-0.1, -0.05) is 6.07 Å². The average Bonchev–Trinajstić information content (AvgIpc) is 2.47. The maximum absolute atomic E-state index is 13.8. The van der Waals surface area contributed by atoms with Crippen LogP contribution in [0.4, 0.5) is 21.8 Å². The normalized spacial score (nSPS) is 9.79. The van der Waals surface area contributed by atoms with Gasteiger partial charge < -0.3 is 10.2 Å². The highest BCUT2D eigenvalue weighted by molar-refractivity contribution is 5.62. The van der Waals surface area contributed by atoms with Crippen LogP contribution in [0.1, 0.15) is 5.56 Å². The van der Waals surface area contributed by atoms with E-state index in [9.17, 15) is 4.39 Å². The minimum Gasteiger partial charge on any atom is -0.357 e. The molecule has 2 aromatic rings. The molecule has 0 bridgehead atoms. The zero-order valence-corrected chi connectivity index (χ0v) is 10.6. The molecule has 0 radical (unpaired) electrons. The van der Waals surface area contributed by atoms with Crippen molar-refractivity contribution in [3.05, 3.63) is 41.8 Å². The van der Waals surface area contributed by atoms with Crippen LogP contribution in [0.5, 0.6) is 0 Å². The Morgan fingerprint density at radius 2 is 2.21 bits per heavy atom. The zero-order valence-electron chi connectivity index (χ0n) is 10.6. The molecule has 0 saturated heterocycles. The molecule has 6 heteroatoms. The van der Waals surface area contributed by atoms with Gasteiger partial charge in [-0.2, -0.15) is 10.2 Å². The van der Waals surface area contributed by atoms with E-state index in [4.69, 9.17) is 5.26 Å². The van der Waals surface area contributed by atoms with Crippen LogP contribution in [-0.2, 0) is 0 Å². The Hall–Kier alpha value is -2.68. The molecule has 0 saturated carbocycles. The van der Waals surface area contributed by atoms with Crippen LogP contribution >= 0.6 is 0 Å². The largest absolute Gasteiger partial charge is 0.357 e. The van der Waals surface area contributed by atoms with E-state index in [1.165, 1.54) is 0 Å². The van der Waals surface area contributed by atoms with Gasteiger partial charge >= 0.3 is 0 Å². The van der Waals surface area contributed by atoms with Crippen molar-refractivity contribution in [1.29, 1.82) is 5.26 Å². The van der Waals surface area contributed by atoms with Crippen molar-refractivity contribution in [1.82, 2.24) is 9.97 Å². The van der Waals surface area contributed by atoms with Crippen LogP contribution in [0.25, 0.3) is 0 Å². The van der Waals surface area contributed by atoms with Gasteiger partial charge in [-0.25, -0.2) is 9.37 Å². The molecule has 1 heterocycles. The van der Waals surface area contributed by atoms with Crippen LogP contribution in [0.3, 0.4) is 0 Å². The van der Waals surface area contributed by atoms with Crippen LogP contribution in [0.15, 0.2) is 30.5 Å². The van der Waals surface area contributed by atoms with E-state index >= 15 is 0 Å². The molecule has 0 atom stereocenters. The second-order valence-electron chi connectivity index (χ2n) is 3.84. The van der Waals surface area contributed by atoms with Crippen molar-refractivity contribution in [3.63, 3.8) is 0 Å². The lowest BCUT2D eigenvalue weighted by molar-refractivity contribution is 0.614. The second-order valence-corrected chi connectivity index (χ2v) is 3.84. The van der Waals surface area contributed by atoms with Gasteiger partial charge in [0.15, 0.2) is 11.6 Å². The van der Waals surface area contributed by atoms with E-state index in [0.29, 0.717) is 17.2 Å². The lowest BCUT2D eigenvalue weighted by atomic mass is 10.2. The summed E-state index contributed by atoms with van der Waals surface area (Å²) in [5.41, 5.74) is 1.19. The SMILES string of the molecule is CNc1ncc(F)c(N(C)c2cccc(C#N)c2)n1. The molecule has 0 amide bonds. The first kappa shape index (κ1) is 12.8. The van der Waals surface area contributed by atoms with Gasteiger partial charge in [0.2, 0.25) is 5.95 Å². The van der Waals surface area contributed by atoms with Crippen molar-refractivity contribution in [2.75, 3.05) is 24.3 Å². The summed E-state index contributed by atoms with van der Waals surface area (Å²) in [6, 6.07) is 8.92. The minimum atomic E-state index is -0.524. The van der Waals surface area contributed by atoms with Crippen LogP contribution in [0.2, 0.25) is 0 Å². The summed E-state index contributed by atoms with van der Waals surface area (Å²) in [6.45, 7) is 0. The van der Waals surface area contributed by atoms with E-state index in [0.717, 1.165) is 6.20 Å². The van der Waals surface area contributed by atoms with E-state index in [2.05, 4.69) is 15.3 Å². The lowest BCUT2D eigenvalue weighted by Crippen LogP contribution is -2.14. The predicted octanol–water partition coefficient (Wildman–Crippen LogP) is 2.30. The number of rotatable bonds is 3. The standard InChI is InChI=1S/C13H12FN5/c1-16-13-17-8-11(14)12(18-13)19(2)10-5-3-4-9(6-10)7-15/h3-6,8H,1-2H3,(H,16,17,18). The van der Waals surface area contributed by atoms with E-state index < -0.39 is 5.82 Å². The van der Waals surface area contributed by atoms with E-state index in [1.54, 1.807) is 43.3 Å². The molecule has 0 spiro atoms. The number of nitriles is 1. The summed E-state index contributed by atoms with van der Waals surface area (Å²) < 4.78 is 13.8.